The van der Waals surface area contributed by atoms with Crippen molar-refractivity contribution in [2.45, 2.75) is 19.4 Å². The van der Waals surface area contributed by atoms with Crippen LogP contribution in [0.4, 0.5) is 5.69 Å². The molecule has 0 fully saturated rings. The van der Waals surface area contributed by atoms with Crippen molar-refractivity contribution in [3.63, 3.8) is 0 Å². The lowest BCUT2D eigenvalue weighted by atomic mass is 10.1. The monoisotopic (exact) mass is 267 g/mol. The maximum absolute atomic E-state index is 9.36. The van der Waals surface area contributed by atoms with E-state index in [1.54, 1.807) is 23.5 Å². The number of phenols is 1. The van der Waals surface area contributed by atoms with E-state index in [-0.39, 0.29) is 11.8 Å². The molecule has 1 atom stereocenters. The van der Waals surface area contributed by atoms with Gasteiger partial charge in [-0.25, -0.2) is 0 Å². The molecule has 90 valence electrons. The molecule has 2 aromatic rings. The van der Waals surface area contributed by atoms with Gasteiger partial charge >= 0.3 is 0 Å². The molecular formula is C13H14ClNOS. The van der Waals surface area contributed by atoms with Crippen LogP contribution in [-0.4, -0.2) is 5.11 Å². The average Bonchev–Trinajstić information content (AvgIpc) is 2.84. The minimum Gasteiger partial charge on any atom is -0.506 e. The van der Waals surface area contributed by atoms with Crippen molar-refractivity contribution in [1.29, 1.82) is 0 Å². The van der Waals surface area contributed by atoms with Gasteiger partial charge in [0, 0.05) is 10.6 Å². The summed E-state index contributed by atoms with van der Waals surface area (Å²) in [5, 5.41) is 15.2. The Kier molecular flexibility index (Phi) is 3.92. The largest absolute Gasteiger partial charge is 0.506 e. The Hall–Kier alpha value is -1.19. The smallest absolute Gasteiger partial charge is 0.134 e. The van der Waals surface area contributed by atoms with E-state index in [1.165, 1.54) is 4.88 Å². The zero-order valence-electron chi connectivity index (χ0n) is 9.48. The predicted molar refractivity (Wildman–Crippen MR) is 74.1 cm³/mol. The van der Waals surface area contributed by atoms with Gasteiger partial charge in [-0.2, -0.15) is 0 Å². The van der Waals surface area contributed by atoms with Gasteiger partial charge in [0.05, 0.1) is 11.1 Å². The topological polar surface area (TPSA) is 32.3 Å². The molecule has 0 aliphatic carbocycles. The molecule has 0 aliphatic rings. The highest BCUT2D eigenvalue weighted by Crippen LogP contribution is 2.30. The Bertz CT molecular complexity index is 484. The van der Waals surface area contributed by atoms with Crippen LogP contribution in [0.2, 0.25) is 5.02 Å². The number of halogens is 1. The molecule has 2 rings (SSSR count). The van der Waals surface area contributed by atoms with E-state index in [1.807, 2.05) is 12.1 Å². The minimum absolute atomic E-state index is 0.112. The van der Waals surface area contributed by atoms with Gasteiger partial charge in [-0.3, -0.25) is 0 Å². The van der Waals surface area contributed by atoms with Gasteiger partial charge in [0.1, 0.15) is 5.75 Å². The van der Waals surface area contributed by atoms with Crippen LogP contribution in [0.1, 0.15) is 24.3 Å². The maximum atomic E-state index is 9.36. The summed E-state index contributed by atoms with van der Waals surface area (Å²) >= 11 is 7.62. The van der Waals surface area contributed by atoms with Gasteiger partial charge < -0.3 is 10.4 Å². The van der Waals surface area contributed by atoms with Crippen LogP contribution >= 0.6 is 22.9 Å². The molecule has 1 heterocycles. The Morgan fingerprint density at radius 1 is 1.41 bits per heavy atom. The van der Waals surface area contributed by atoms with E-state index >= 15 is 0 Å². The third-order valence-corrected chi connectivity index (χ3v) is 3.87. The second-order valence-corrected chi connectivity index (χ2v) is 5.17. The number of nitrogens with one attached hydrogen (secondary N) is 1. The quantitative estimate of drug-likeness (QED) is 0.789. The van der Waals surface area contributed by atoms with Crippen molar-refractivity contribution in [1.82, 2.24) is 0 Å². The molecule has 0 radical (unpaired) electrons. The van der Waals surface area contributed by atoms with Crippen LogP contribution in [0.25, 0.3) is 0 Å². The summed E-state index contributed by atoms with van der Waals surface area (Å²) in [6.07, 6.45) is 0.999. The van der Waals surface area contributed by atoms with Crippen molar-refractivity contribution < 1.29 is 5.11 Å². The SMILES string of the molecule is CCC(Nc1ccc(O)c(Cl)c1)c1cccs1. The first-order chi connectivity index (χ1) is 8.20. The molecule has 0 bridgehead atoms. The number of hydrogen-bond donors (Lipinski definition) is 2. The van der Waals surface area contributed by atoms with Crippen LogP contribution < -0.4 is 5.32 Å². The highest BCUT2D eigenvalue weighted by Gasteiger charge is 2.10. The predicted octanol–water partition coefficient (Wildman–Crippen LogP) is 4.67. The Morgan fingerprint density at radius 3 is 2.82 bits per heavy atom. The van der Waals surface area contributed by atoms with E-state index in [9.17, 15) is 5.11 Å². The molecule has 0 saturated heterocycles. The lowest BCUT2D eigenvalue weighted by Gasteiger charge is -2.17. The summed E-state index contributed by atoms with van der Waals surface area (Å²) in [6, 6.07) is 9.63. The van der Waals surface area contributed by atoms with Crippen molar-refractivity contribution >= 4 is 28.6 Å². The van der Waals surface area contributed by atoms with Crippen molar-refractivity contribution in [2.24, 2.45) is 0 Å². The van der Waals surface area contributed by atoms with Crippen molar-refractivity contribution in [3.8, 4) is 5.75 Å². The van der Waals surface area contributed by atoms with Crippen LogP contribution in [0, 0.1) is 0 Å². The van der Waals surface area contributed by atoms with Crippen LogP contribution in [0.15, 0.2) is 35.7 Å². The number of anilines is 1. The average molecular weight is 268 g/mol. The van der Waals surface area contributed by atoms with Gasteiger partial charge in [0.25, 0.3) is 0 Å². The molecule has 1 unspecified atom stereocenters. The molecule has 0 amide bonds. The Balaban J connectivity index is 2.16. The number of aromatic hydroxyl groups is 1. The lowest BCUT2D eigenvalue weighted by Crippen LogP contribution is -2.07. The van der Waals surface area contributed by atoms with E-state index in [2.05, 4.69) is 23.7 Å². The fourth-order valence-corrected chi connectivity index (χ4v) is 2.70. The molecule has 1 aromatic heterocycles. The number of thiophene rings is 1. The van der Waals surface area contributed by atoms with Crippen molar-refractivity contribution in [3.05, 3.63) is 45.6 Å². The number of rotatable bonds is 4. The van der Waals surface area contributed by atoms with E-state index < -0.39 is 0 Å². The molecule has 17 heavy (non-hydrogen) atoms. The Labute approximate surface area is 110 Å². The fraction of sp³-hybridized carbons (Fsp3) is 0.231. The summed E-state index contributed by atoms with van der Waals surface area (Å²) in [7, 11) is 0. The summed E-state index contributed by atoms with van der Waals surface area (Å²) in [6.45, 7) is 2.14. The first-order valence-electron chi connectivity index (χ1n) is 5.49. The van der Waals surface area contributed by atoms with Gasteiger partial charge in [-0.15, -0.1) is 11.3 Å². The van der Waals surface area contributed by atoms with Crippen LogP contribution in [0.5, 0.6) is 5.75 Å². The van der Waals surface area contributed by atoms with E-state index in [0.29, 0.717) is 5.02 Å². The fourth-order valence-electron chi connectivity index (χ4n) is 1.66. The second kappa shape index (κ2) is 5.43. The Morgan fingerprint density at radius 2 is 2.24 bits per heavy atom. The van der Waals surface area contributed by atoms with Crippen molar-refractivity contribution in [2.75, 3.05) is 5.32 Å². The summed E-state index contributed by atoms with van der Waals surface area (Å²) < 4.78 is 0. The summed E-state index contributed by atoms with van der Waals surface area (Å²) in [5.74, 6) is 0.112. The lowest BCUT2D eigenvalue weighted by molar-refractivity contribution is 0.475. The molecule has 2 N–H and O–H groups in total. The number of phenolic OH excluding ortho intramolecular Hbond substituents is 1. The third kappa shape index (κ3) is 2.93. The summed E-state index contributed by atoms with van der Waals surface area (Å²) in [4.78, 5) is 1.30. The third-order valence-electron chi connectivity index (χ3n) is 2.58. The number of hydrogen-bond acceptors (Lipinski definition) is 3. The highest BCUT2D eigenvalue weighted by molar-refractivity contribution is 7.10. The molecule has 2 nitrogen and oxygen atoms in total. The molecule has 4 heteroatoms. The zero-order valence-corrected chi connectivity index (χ0v) is 11.1. The second-order valence-electron chi connectivity index (χ2n) is 3.79. The normalized spacial score (nSPS) is 12.4. The molecular weight excluding hydrogens is 254 g/mol. The van der Waals surface area contributed by atoms with Crippen LogP contribution in [0.3, 0.4) is 0 Å². The standard InChI is InChI=1S/C13H14ClNOS/c1-2-11(13-4-3-7-17-13)15-9-5-6-12(16)10(14)8-9/h3-8,11,15-16H,2H2,1H3. The molecule has 0 spiro atoms. The first kappa shape index (κ1) is 12.3. The van der Waals surface area contributed by atoms with E-state index in [0.717, 1.165) is 12.1 Å². The summed E-state index contributed by atoms with van der Waals surface area (Å²) in [5.41, 5.74) is 0.924. The molecule has 0 saturated carbocycles. The highest BCUT2D eigenvalue weighted by atomic mass is 35.5. The molecule has 1 aromatic carbocycles. The molecule has 0 aliphatic heterocycles. The van der Waals surface area contributed by atoms with E-state index in [4.69, 9.17) is 11.6 Å². The minimum atomic E-state index is 0.112. The van der Waals surface area contributed by atoms with Gasteiger partial charge in [0.2, 0.25) is 0 Å². The first-order valence-corrected chi connectivity index (χ1v) is 6.75. The number of benzene rings is 1. The van der Waals surface area contributed by atoms with Gasteiger partial charge in [-0.1, -0.05) is 24.6 Å². The van der Waals surface area contributed by atoms with Crippen LogP contribution in [-0.2, 0) is 0 Å². The van der Waals surface area contributed by atoms with Gasteiger partial charge in [0.15, 0.2) is 0 Å². The zero-order chi connectivity index (χ0) is 12.3. The maximum Gasteiger partial charge on any atom is 0.134 e. The van der Waals surface area contributed by atoms with Gasteiger partial charge in [-0.05, 0) is 36.1 Å².